The molecule has 0 radical (unpaired) electrons. The number of hydrogen-bond donors (Lipinski definition) is 2. The van der Waals surface area contributed by atoms with Crippen molar-refractivity contribution in [2.75, 3.05) is 6.61 Å². The van der Waals surface area contributed by atoms with Crippen LogP contribution in [-0.4, -0.2) is 33.4 Å². The van der Waals surface area contributed by atoms with Gasteiger partial charge in [-0.25, -0.2) is 0 Å². The summed E-state index contributed by atoms with van der Waals surface area (Å²) in [4.78, 5) is 12.0. The number of carbonyl (C=O) groups is 1. The third-order valence-electron chi connectivity index (χ3n) is 3.08. The number of hydrogen-bond acceptors (Lipinski definition) is 4. The van der Waals surface area contributed by atoms with Gasteiger partial charge in [0.1, 0.15) is 5.76 Å². The van der Waals surface area contributed by atoms with Gasteiger partial charge in [0, 0.05) is 12.4 Å². The number of furan rings is 1. The molecule has 0 fully saturated rings. The number of nitrogens with one attached hydrogen (secondary N) is 1. The second kappa shape index (κ2) is 6.38. The fourth-order valence-corrected chi connectivity index (χ4v) is 1.80. The summed E-state index contributed by atoms with van der Waals surface area (Å²) >= 11 is 0. The van der Waals surface area contributed by atoms with Crippen LogP contribution in [0.1, 0.15) is 30.2 Å². The average molecular weight is 277 g/mol. The van der Waals surface area contributed by atoms with Crippen LogP contribution in [0.4, 0.5) is 0 Å². The first-order chi connectivity index (χ1) is 9.60. The number of rotatable bonds is 6. The van der Waals surface area contributed by atoms with Gasteiger partial charge in [-0.05, 0) is 24.1 Å². The maximum Gasteiger partial charge on any atom is 0.287 e. The van der Waals surface area contributed by atoms with Crippen LogP contribution in [0.3, 0.4) is 0 Å². The van der Waals surface area contributed by atoms with E-state index in [2.05, 4.69) is 10.4 Å². The van der Waals surface area contributed by atoms with Gasteiger partial charge in [-0.1, -0.05) is 13.8 Å². The summed E-state index contributed by atoms with van der Waals surface area (Å²) in [6, 6.07) is 4.93. The molecule has 2 heterocycles. The van der Waals surface area contributed by atoms with Crippen molar-refractivity contribution in [3.8, 4) is 0 Å². The van der Waals surface area contributed by atoms with E-state index >= 15 is 0 Å². The highest BCUT2D eigenvalue weighted by molar-refractivity contribution is 5.91. The summed E-state index contributed by atoms with van der Waals surface area (Å²) in [5.41, 5.74) is 0. The fraction of sp³-hybridized carbons (Fsp3) is 0.429. The Labute approximate surface area is 117 Å². The lowest BCUT2D eigenvalue weighted by Gasteiger charge is -2.18. The molecule has 1 amide bonds. The molecular weight excluding hydrogens is 258 g/mol. The Morgan fingerprint density at radius 3 is 2.90 bits per heavy atom. The highest BCUT2D eigenvalue weighted by Crippen LogP contribution is 2.10. The Kier molecular flexibility index (Phi) is 4.57. The molecule has 2 aromatic rings. The molecule has 0 aliphatic heterocycles. The molecule has 20 heavy (non-hydrogen) atoms. The summed E-state index contributed by atoms with van der Waals surface area (Å²) in [7, 11) is 0. The molecular formula is C14H19N3O3. The molecule has 0 aliphatic rings. The monoisotopic (exact) mass is 277 g/mol. The molecule has 6 nitrogen and oxygen atoms in total. The Morgan fingerprint density at radius 2 is 2.30 bits per heavy atom. The van der Waals surface area contributed by atoms with Crippen LogP contribution in [0.2, 0.25) is 0 Å². The minimum absolute atomic E-state index is 0.0930. The number of aliphatic hydroxyl groups excluding tert-OH is 1. The Balaban J connectivity index is 1.99. The summed E-state index contributed by atoms with van der Waals surface area (Å²) in [5, 5.41) is 16.0. The van der Waals surface area contributed by atoms with E-state index in [9.17, 15) is 9.90 Å². The van der Waals surface area contributed by atoms with Gasteiger partial charge < -0.3 is 14.8 Å². The summed E-state index contributed by atoms with van der Waals surface area (Å²) in [6.45, 7) is 4.26. The second-order valence-electron chi connectivity index (χ2n) is 4.98. The van der Waals surface area contributed by atoms with Gasteiger partial charge in [-0.15, -0.1) is 0 Å². The topological polar surface area (TPSA) is 80.3 Å². The minimum Gasteiger partial charge on any atom is -0.454 e. The van der Waals surface area contributed by atoms with Crippen molar-refractivity contribution in [2.24, 2.45) is 5.92 Å². The number of aromatic nitrogens is 2. The van der Waals surface area contributed by atoms with Crippen LogP contribution in [-0.2, 0) is 6.54 Å². The van der Waals surface area contributed by atoms with Crippen molar-refractivity contribution in [3.63, 3.8) is 0 Å². The third-order valence-corrected chi connectivity index (χ3v) is 3.08. The quantitative estimate of drug-likeness (QED) is 0.833. The molecule has 0 saturated heterocycles. The number of aliphatic hydroxyl groups is 1. The number of amides is 1. The molecule has 0 saturated carbocycles. The maximum atomic E-state index is 12.0. The van der Waals surface area contributed by atoms with Crippen molar-refractivity contribution in [2.45, 2.75) is 26.4 Å². The molecule has 1 atom stereocenters. The van der Waals surface area contributed by atoms with Crippen LogP contribution >= 0.6 is 0 Å². The van der Waals surface area contributed by atoms with E-state index in [-0.39, 0.29) is 30.2 Å². The van der Waals surface area contributed by atoms with Gasteiger partial charge in [-0.2, -0.15) is 5.10 Å². The molecule has 0 spiro atoms. The molecule has 2 rings (SSSR count). The lowest BCUT2D eigenvalue weighted by molar-refractivity contribution is 0.0867. The SMILES string of the molecule is CC(C)C(CO)NC(=O)c1ccc(Cn2cccn2)o1. The Morgan fingerprint density at radius 1 is 1.50 bits per heavy atom. The number of carbonyl (C=O) groups excluding carboxylic acids is 1. The summed E-state index contributed by atoms with van der Waals surface area (Å²) in [5.74, 6) is 0.738. The minimum atomic E-state index is -0.315. The standard InChI is InChI=1S/C14H19N3O3/c1-10(2)12(9-18)16-14(19)13-5-4-11(20-13)8-17-7-3-6-15-17/h3-7,10,12,18H,8-9H2,1-2H3,(H,16,19). The van der Waals surface area contributed by atoms with Crippen molar-refractivity contribution in [3.05, 3.63) is 42.1 Å². The molecule has 6 heteroatoms. The molecule has 0 bridgehead atoms. The zero-order chi connectivity index (χ0) is 14.5. The predicted molar refractivity (Wildman–Crippen MR) is 73.2 cm³/mol. The maximum absolute atomic E-state index is 12.0. The molecule has 1 unspecified atom stereocenters. The Bertz CT molecular complexity index is 546. The Hall–Kier alpha value is -2.08. The normalized spacial score (nSPS) is 12.6. The smallest absolute Gasteiger partial charge is 0.287 e. The van der Waals surface area contributed by atoms with Gasteiger partial charge in [0.05, 0.1) is 19.2 Å². The van der Waals surface area contributed by atoms with Gasteiger partial charge in [0.25, 0.3) is 5.91 Å². The van der Waals surface area contributed by atoms with Crippen LogP contribution in [0.25, 0.3) is 0 Å². The first-order valence-corrected chi connectivity index (χ1v) is 6.58. The van der Waals surface area contributed by atoms with E-state index in [0.29, 0.717) is 12.3 Å². The predicted octanol–water partition coefficient (Wildman–Crippen LogP) is 1.27. The first-order valence-electron chi connectivity index (χ1n) is 6.58. The zero-order valence-electron chi connectivity index (χ0n) is 11.6. The van der Waals surface area contributed by atoms with E-state index in [1.54, 1.807) is 23.0 Å². The highest BCUT2D eigenvalue weighted by Gasteiger charge is 2.18. The molecule has 0 aromatic carbocycles. The summed E-state index contributed by atoms with van der Waals surface area (Å²) < 4.78 is 7.20. The van der Waals surface area contributed by atoms with Gasteiger partial charge in [0.15, 0.2) is 5.76 Å². The van der Waals surface area contributed by atoms with Gasteiger partial charge >= 0.3 is 0 Å². The van der Waals surface area contributed by atoms with Crippen molar-refractivity contribution < 1.29 is 14.3 Å². The van der Waals surface area contributed by atoms with E-state index in [1.165, 1.54) is 0 Å². The molecule has 108 valence electrons. The van der Waals surface area contributed by atoms with Crippen molar-refractivity contribution >= 4 is 5.91 Å². The first kappa shape index (κ1) is 14.3. The van der Waals surface area contributed by atoms with Crippen LogP contribution in [0.15, 0.2) is 35.0 Å². The van der Waals surface area contributed by atoms with Crippen molar-refractivity contribution in [1.82, 2.24) is 15.1 Å². The van der Waals surface area contributed by atoms with Gasteiger partial charge in [-0.3, -0.25) is 9.48 Å². The van der Waals surface area contributed by atoms with E-state index in [0.717, 1.165) is 0 Å². The van der Waals surface area contributed by atoms with Crippen LogP contribution < -0.4 is 5.32 Å². The van der Waals surface area contributed by atoms with Crippen LogP contribution in [0, 0.1) is 5.92 Å². The fourth-order valence-electron chi connectivity index (χ4n) is 1.80. The largest absolute Gasteiger partial charge is 0.454 e. The van der Waals surface area contributed by atoms with E-state index in [1.807, 2.05) is 26.1 Å². The van der Waals surface area contributed by atoms with Gasteiger partial charge in [0.2, 0.25) is 0 Å². The average Bonchev–Trinajstić information content (AvgIpc) is 3.07. The summed E-state index contributed by atoms with van der Waals surface area (Å²) in [6.07, 6.45) is 3.51. The lowest BCUT2D eigenvalue weighted by atomic mass is 10.1. The third kappa shape index (κ3) is 3.48. The molecule has 2 aromatic heterocycles. The second-order valence-corrected chi connectivity index (χ2v) is 4.98. The van der Waals surface area contributed by atoms with Crippen LogP contribution in [0.5, 0.6) is 0 Å². The highest BCUT2D eigenvalue weighted by atomic mass is 16.4. The van der Waals surface area contributed by atoms with E-state index in [4.69, 9.17) is 4.42 Å². The van der Waals surface area contributed by atoms with E-state index < -0.39 is 0 Å². The molecule has 0 aliphatic carbocycles. The van der Waals surface area contributed by atoms with Crippen molar-refractivity contribution in [1.29, 1.82) is 0 Å². The lowest BCUT2D eigenvalue weighted by Crippen LogP contribution is -2.41. The molecule has 2 N–H and O–H groups in total. The number of nitrogens with zero attached hydrogens (tertiary/aromatic N) is 2. The zero-order valence-corrected chi connectivity index (χ0v) is 11.6.